The van der Waals surface area contributed by atoms with Crippen LogP contribution in [0.4, 0.5) is 0 Å². The molecule has 22 heavy (non-hydrogen) atoms. The zero-order valence-electron chi connectivity index (χ0n) is 12.5. The van der Waals surface area contributed by atoms with Crippen molar-refractivity contribution in [2.45, 2.75) is 32.2 Å². The summed E-state index contributed by atoms with van der Waals surface area (Å²) in [6, 6.07) is 7.84. The number of rotatable bonds is 7. The smallest absolute Gasteiger partial charge is 0.227 e. The fourth-order valence-electron chi connectivity index (χ4n) is 1.85. The molecular formula is C15H19ClIN3O2. The van der Waals surface area contributed by atoms with E-state index in [2.05, 4.69) is 45.0 Å². The first-order chi connectivity index (χ1) is 10.1. The number of aromatic nitrogens is 2. The molecule has 0 aliphatic carbocycles. The Bertz CT molecular complexity index is 601. The predicted octanol–water partition coefficient (Wildman–Crippen LogP) is 3.06. The first-order valence-corrected chi connectivity index (χ1v) is 7.94. The van der Waals surface area contributed by atoms with Crippen LogP contribution in [-0.4, -0.2) is 29.0 Å². The highest BCUT2D eigenvalue weighted by atomic mass is 127. The standard InChI is InChI=1S/C15H18IN3O2.ClH/c1-10(17-2)9-14-18-15(21-19-14)8-7-13(20)11-3-5-12(16)6-4-11;/h3-6,10,17H,7-9H2,1-2H3;1H. The molecule has 1 aromatic carbocycles. The largest absolute Gasteiger partial charge is 0.339 e. The van der Waals surface area contributed by atoms with Crippen molar-refractivity contribution in [3.8, 4) is 0 Å². The highest BCUT2D eigenvalue weighted by Crippen LogP contribution is 2.11. The maximum absolute atomic E-state index is 12.1. The molecule has 0 saturated heterocycles. The van der Waals surface area contributed by atoms with Crippen LogP contribution in [0.2, 0.25) is 0 Å². The SMILES string of the molecule is CNC(C)Cc1noc(CCC(=O)c2ccc(I)cc2)n1.Cl. The van der Waals surface area contributed by atoms with Crippen molar-refractivity contribution in [3.63, 3.8) is 0 Å². The van der Waals surface area contributed by atoms with Gasteiger partial charge in [-0.25, -0.2) is 0 Å². The van der Waals surface area contributed by atoms with Crippen LogP contribution in [0, 0.1) is 3.57 Å². The summed E-state index contributed by atoms with van der Waals surface area (Å²) in [6.45, 7) is 2.05. The summed E-state index contributed by atoms with van der Waals surface area (Å²) in [7, 11) is 1.89. The number of aryl methyl sites for hydroxylation is 1. The number of likely N-dealkylation sites (N-methyl/N-ethyl adjacent to an activating group) is 1. The molecule has 5 nitrogen and oxygen atoms in total. The number of ketones is 1. The molecule has 0 spiro atoms. The Kier molecular flexibility index (Phi) is 7.98. The number of halogens is 2. The predicted molar refractivity (Wildman–Crippen MR) is 95.6 cm³/mol. The van der Waals surface area contributed by atoms with E-state index in [-0.39, 0.29) is 18.2 Å². The molecule has 0 fully saturated rings. The van der Waals surface area contributed by atoms with Gasteiger partial charge in [-0.15, -0.1) is 12.4 Å². The van der Waals surface area contributed by atoms with Gasteiger partial charge in [0, 0.05) is 34.4 Å². The molecule has 1 aromatic heterocycles. The van der Waals surface area contributed by atoms with Crippen LogP contribution in [0.1, 0.15) is 35.4 Å². The Morgan fingerprint density at radius 3 is 2.68 bits per heavy atom. The summed E-state index contributed by atoms with van der Waals surface area (Å²) in [5, 5.41) is 7.05. The highest BCUT2D eigenvalue weighted by molar-refractivity contribution is 14.1. The molecule has 1 heterocycles. The van der Waals surface area contributed by atoms with E-state index >= 15 is 0 Å². The molecule has 0 saturated carbocycles. The molecule has 7 heteroatoms. The number of Topliss-reactive ketones (excluding diaryl/α,β-unsaturated/α-hetero) is 1. The number of carbonyl (C=O) groups is 1. The fourth-order valence-corrected chi connectivity index (χ4v) is 2.21. The van der Waals surface area contributed by atoms with Gasteiger partial charge in [-0.1, -0.05) is 17.3 Å². The second-order valence-electron chi connectivity index (χ2n) is 4.93. The lowest BCUT2D eigenvalue weighted by Gasteiger charge is -2.04. The molecule has 2 rings (SSSR count). The van der Waals surface area contributed by atoms with E-state index in [9.17, 15) is 4.79 Å². The topological polar surface area (TPSA) is 68.0 Å². The van der Waals surface area contributed by atoms with Crippen molar-refractivity contribution in [3.05, 3.63) is 45.1 Å². The lowest BCUT2D eigenvalue weighted by Crippen LogP contribution is -2.24. The van der Waals surface area contributed by atoms with Gasteiger partial charge in [-0.2, -0.15) is 4.98 Å². The maximum Gasteiger partial charge on any atom is 0.227 e. The van der Waals surface area contributed by atoms with Gasteiger partial charge < -0.3 is 9.84 Å². The normalized spacial score (nSPS) is 11.8. The highest BCUT2D eigenvalue weighted by Gasteiger charge is 2.12. The number of hydrogen-bond acceptors (Lipinski definition) is 5. The minimum Gasteiger partial charge on any atom is -0.339 e. The summed E-state index contributed by atoms with van der Waals surface area (Å²) >= 11 is 2.22. The first kappa shape index (κ1) is 19.1. The van der Waals surface area contributed by atoms with Gasteiger partial charge in [0.15, 0.2) is 11.6 Å². The second kappa shape index (κ2) is 9.22. The minimum atomic E-state index is 0. The van der Waals surface area contributed by atoms with Gasteiger partial charge in [0.1, 0.15) is 0 Å². The van der Waals surface area contributed by atoms with Gasteiger partial charge in [-0.3, -0.25) is 4.79 Å². The Morgan fingerprint density at radius 1 is 1.36 bits per heavy atom. The number of hydrogen-bond donors (Lipinski definition) is 1. The van der Waals surface area contributed by atoms with Gasteiger partial charge in [0.25, 0.3) is 0 Å². The maximum atomic E-state index is 12.1. The summed E-state index contributed by atoms with van der Waals surface area (Å²) in [6.07, 6.45) is 1.57. The van der Waals surface area contributed by atoms with Crippen molar-refractivity contribution in [2.24, 2.45) is 0 Å². The molecule has 1 unspecified atom stereocenters. The van der Waals surface area contributed by atoms with Crippen LogP contribution in [0.15, 0.2) is 28.8 Å². The fraction of sp³-hybridized carbons (Fsp3) is 0.400. The second-order valence-corrected chi connectivity index (χ2v) is 6.17. The van der Waals surface area contributed by atoms with Crippen LogP contribution in [0.5, 0.6) is 0 Å². The Morgan fingerprint density at radius 2 is 2.05 bits per heavy atom. The lowest BCUT2D eigenvalue weighted by atomic mass is 10.1. The average Bonchev–Trinajstić information content (AvgIpc) is 2.93. The van der Waals surface area contributed by atoms with Crippen LogP contribution in [0.25, 0.3) is 0 Å². The third-order valence-electron chi connectivity index (χ3n) is 3.22. The number of nitrogens with one attached hydrogen (secondary N) is 1. The van der Waals surface area contributed by atoms with Crippen molar-refractivity contribution < 1.29 is 9.32 Å². The van der Waals surface area contributed by atoms with Crippen LogP contribution < -0.4 is 5.32 Å². The summed E-state index contributed by atoms with van der Waals surface area (Å²) in [5.74, 6) is 1.29. The molecule has 1 atom stereocenters. The van der Waals surface area contributed by atoms with E-state index in [4.69, 9.17) is 4.52 Å². The van der Waals surface area contributed by atoms with Crippen LogP contribution in [-0.2, 0) is 12.8 Å². The Balaban J connectivity index is 0.00000242. The molecule has 0 bridgehead atoms. The lowest BCUT2D eigenvalue weighted by molar-refractivity contribution is 0.0979. The summed E-state index contributed by atoms with van der Waals surface area (Å²) < 4.78 is 6.29. The van der Waals surface area contributed by atoms with Gasteiger partial charge >= 0.3 is 0 Å². The zero-order chi connectivity index (χ0) is 15.2. The van der Waals surface area contributed by atoms with Crippen molar-refractivity contribution >= 4 is 40.8 Å². The van der Waals surface area contributed by atoms with Crippen LogP contribution >= 0.6 is 35.0 Å². The van der Waals surface area contributed by atoms with E-state index in [1.807, 2.05) is 31.3 Å². The van der Waals surface area contributed by atoms with E-state index in [0.29, 0.717) is 37.0 Å². The quantitative estimate of drug-likeness (QED) is 0.535. The molecule has 0 aliphatic rings. The average molecular weight is 436 g/mol. The van der Waals surface area contributed by atoms with E-state index in [0.717, 1.165) is 9.13 Å². The van der Waals surface area contributed by atoms with E-state index in [1.165, 1.54) is 0 Å². The van der Waals surface area contributed by atoms with E-state index in [1.54, 1.807) is 0 Å². The molecule has 1 N–H and O–H groups in total. The molecule has 0 radical (unpaired) electrons. The van der Waals surface area contributed by atoms with Crippen molar-refractivity contribution in [2.75, 3.05) is 7.05 Å². The third-order valence-corrected chi connectivity index (χ3v) is 3.94. The Labute approximate surface area is 149 Å². The monoisotopic (exact) mass is 435 g/mol. The van der Waals surface area contributed by atoms with Gasteiger partial charge in [-0.05, 0) is 48.7 Å². The molecule has 120 valence electrons. The third kappa shape index (κ3) is 5.66. The number of benzene rings is 1. The summed E-state index contributed by atoms with van der Waals surface area (Å²) in [4.78, 5) is 16.4. The van der Waals surface area contributed by atoms with Gasteiger partial charge in [0.2, 0.25) is 5.89 Å². The van der Waals surface area contributed by atoms with Gasteiger partial charge in [0.05, 0.1) is 0 Å². The Hall–Kier alpha value is -0.990. The van der Waals surface area contributed by atoms with E-state index < -0.39 is 0 Å². The molecular weight excluding hydrogens is 417 g/mol. The van der Waals surface area contributed by atoms with Crippen molar-refractivity contribution in [1.82, 2.24) is 15.5 Å². The first-order valence-electron chi connectivity index (χ1n) is 6.86. The molecule has 2 aromatic rings. The molecule has 0 amide bonds. The number of nitrogens with zero attached hydrogens (tertiary/aromatic N) is 2. The molecule has 0 aliphatic heterocycles. The summed E-state index contributed by atoms with van der Waals surface area (Å²) in [5.41, 5.74) is 0.721. The number of carbonyl (C=O) groups excluding carboxylic acids is 1. The van der Waals surface area contributed by atoms with Crippen molar-refractivity contribution in [1.29, 1.82) is 0 Å². The van der Waals surface area contributed by atoms with Crippen LogP contribution in [0.3, 0.4) is 0 Å². The zero-order valence-corrected chi connectivity index (χ0v) is 15.5. The minimum absolute atomic E-state index is 0.